The summed E-state index contributed by atoms with van der Waals surface area (Å²) < 4.78 is 5.32. The first kappa shape index (κ1) is 21.4. The third-order valence-electron chi connectivity index (χ3n) is 4.61. The Morgan fingerprint density at radius 1 is 1.17 bits per heavy atom. The summed E-state index contributed by atoms with van der Waals surface area (Å²) in [5.41, 5.74) is 1.84. The number of hydrogen-bond acceptors (Lipinski definition) is 7. The molecule has 1 aromatic carbocycles. The van der Waals surface area contributed by atoms with Gasteiger partial charge in [0.2, 0.25) is 10.9 Å². The Morgan fingerprint density at radius 2 is 1.93 bits per heavy atom. The minimum Gasteiger partial charge on any atom is -0.379 e. The number of amides is 2. The van der Waals surface area contributed by atoms with Crippen molar-refractivity contribution in [2.75, 3.05) is 44.7 Å². The van der Waals surface area contributed by atoms with E-state index < -0.39 is 0 Å². The summed E-state index contributed by atoms with van der Waals surface area (Å²) >= 11 is 1.22. The molecule has 0 bridgehead atoms. The van der Waals surface area contributed by atoms with Crippen LogP contribution in [0.15, 0.2) is 24.3 Å². The standard InChI is InChI=1S/C20H27N5O3S/c1-15-3-5-16(6-4-15)22-19(27)20-24-23-18(29-20)8-7-17(26)21-9-2-10-25-11-13-28-14-12-25/h3-6H,2,7-14H2,1H3,(H,21,26)(H,22,27). The van der Waals surface area contributed by atoms with E-state index in [0.29, 0.717) is 35.1 Å². The Kier molecular flexibility index (Phi) is 8.09. The van der Waals surface area contributed by atoms with Crippen LogP contribution in [0.2, 0.25) is 0 Å². The lowest BCUT2D eigenvalue weighted by molar-refractivity contribution is -0.121. The fraction of sp³-hybridized carbons (Fsp3) is 0.500. The number of nitrogens with zero attached hydrogens (tertiary/aromatic N) is 3. The summed E-state index contributed by atoms with van der Waals surface area (Å²) in [5, 5.41) is 14.7. The molecule has 1 aliphatic heterocycles. The van der Waals surface area contributed by atoms with E-state index in [0.717, 1.165) is 44.8 Å². The zero-order valence-corrected chi connectivity index (χ0v) is 17.5. The summed E-state index contributed by atoms with van der Waals surface area (Å²) in [6, 6.07) is 7.55. The molecular weight excluding hydrogens is 390 g/mol. The van der Waals surface area contributed by atoms with Gasteiger partial charge in [0.15, 0.2) is 0 Å². The average Bonchev–Trinajstić information content (AvgIpc) is 3.21. The molecule has 2 aromatic rings. The van der Waals surface area contributed by atoms with E-state index in [-0.39, 0.29) is 11.8 Å². The minimum absolute atomic E-state index is 0.00663. The van der Waals surface area contributed by atoms with Crippen LogP contribution in [0.4, 0.5) is 5.69 Å². The quantitative estimate of drug-likeness (QED) is 0.605. The molecule has 29 heavy (non-hydrogen) atoms. The van der Waals surface area contributed by atoms with Gasteiger partial charge in [-0.25, -0.2) is 0 Å². The zero-order chi connectivity index (χ0) is 20.5. The summed E-state index contributed by atoms with van der Waals surface area (Å²) in [4.78, 5) is 26.6. The Labute approximate surface area is 174 Å². The molecule has 1 saturated heterocycles. The van der Waals surface area contributed by atoms with Crippen molar-refractivity contribution < 1.29 is 14.3 Å². The molecule has 2 amide bonds. The van der Waals surface area contributed by atoms with Gasteiger partial charge in [0.1, 0.15) is 5.01 Å². The highest BCUT2D eigenvalue weighted by atomic mass is 32.1. The highest BCUT2D eigenvalue weighted by molar-refractivity contribution is 7.13. The number of nitrogens with one attached hydrogen (secondary N) is 2. The Hall–Kier alpha value is -2.36. The summed E-state index contributed by atoms with van der Waals surface area (Å²) in [6.45, 7) is 7.13. The maximum atomic E-state index is 12.3. The van der Waals surface area contributed by atoms with Gasteiger partial charge in [0.25, 0.3) is 5.91 Å². The molecule has 1 fully saturated rings. The van der Waals surface area contributed by atoms with Gasteiger partial charge < -0.3 is 15.4 Å². The molecule has 0 atom stereocenters. The maximum Gasteiger partial charge on any atom is 0.286 e. The highest BCUT2D eigenvalue weighted by Gasteiger charge is 2.14. The van der Waals surface area contributed by atoms with Crippen LogP contribution in [0.1, 0.15) is 33.2 Å². The molecule has 1 aromatic heterocycles. The Bertz CT molecular complexity index is 803. The number of carbonyl (C=O) groups is 2. The van der Waals surface area contributed by atoms with Crippen molar-refractivity contribution in [3.63, 3.8) is 0 Å². The van der Waals surface area contributed by atoms with Crippen molar-refractivity contribution in [2.24, 2.45) is 0 Å². The molecule has 0 aliphatic carbocycles. The fourth-order valence-corrected chi connectivity index (χ4v) is 3.67. The van der Waals surface area contributed by atoms with Crippen LogP contribution < -0.4 is 10.6 Å². The van der Waals surface area contributed by atoms with E-state index in [1.54, 1.807) is 0 Å². The van der Waals surface area contributed by atoms with Crippen molar-refractivity contribution in [3.8, 4) is 0 Å². The Morgan fingerprint density at radius 3 is 2.69 bits per heavy atom. The number of rotatable bonds is 9. The smallest absolute Gasteiger partial charge is 0.286 e. The number of anilines is 1. The molecule has 0 unspecified atom stereocenters. The van der Waals surface area contributed by atoms with Gasteiger partial charge >= 0.3 is 0 Å². The van der Waals surface area contributed by atoms with E-state index >= 15 is 0 Å². The van der Waals surface area contributed by atoms with Crippen LogP contribution >= 0.6 is 11.3 Å². The van der Waals surface area contributed by atoms with Gasteiger partial charge in [0, 0.05) is 38.2 Å². The number of carbonyl (C=O) groups excluding carboxylic acids is 2. The minimum atomic E-state index is -0.287. The third-order valence-corrected chi connectivity index (χ3v) is 5.60. The van der Waals surface area contributed by atoms with E-state index in [2.05, 4.69) is 25.7 Å². The number of benzene rings is 1. The number of aryl methyl sites for hydroxylation is 2. The SMILES string of the molecule is Cc1ccc(NC(=O)c2nnc(CCC(=O)NCCCN3CCOCC3)s2)cc1. The second-order valence-electron chi connectivity index (χ2n) is 6.98. The molecule has 156 valence electrons. The molecule has 8 nitrogen and oxygen atoms in total. The fourth-order valence-electron chi connectivity index (χ4n) is 2.93. The van der Waals surface area contributed by atoms with Crippen LogP contribution in [0, 0.1) is 6.92 Å². The van der Waals surface area contributed by atoms with E-state index in [9.17, 15) is 9.59 Å². The number of aromatic nitrogens is 2. The molecule has 0 radical (unpaired) electrons. The van der Waals surface area contributed by atoms with E-state index in [1.807, 2.05) is 31.2 Å². The zero-order valence-electron chi connectivity index (χ0n) is 16.6. The molecule has 3 rings (SSSR count). The lowest BCUT2D eigenvalue weighted by Gasteiger charge is -2.26. The topological polar surface area (TPSA) is 96.5 Å². The van der Waals surface area contributed by atoms with Gasteiger partial charge in [-0.2, -0.15) is 0 Å². The summed E-state index contributed by atoms with van der Waals surface area (Å²) in [7, 11) is 0. The largest absolute Gasteiger partial charge is 0.379 e. The van der Waals surface area contributed by atoms with Gasteiger partial charge in [-0.1, -0.05) is 29.0 Å². The molecule has 1 aliphatic rings. The normalized spacial score (nSPS) is 14.5. The van der Waals surface area contributed by atoms with E-state index in [4.69, 9.17) is 4.74 Å². The average molecular weight is 418 g/mol. The summed E-state index contributed by atoms with van der Waals surface area (Å²) in [6.07, 6.45) is 1.74. The van der Waals surface area contributed by atoms with Gasteiger partial charge in [-0.3, -0.25) is 14.5 Å². The van der Waals surface area contributed by atoms with Gasteiger partial charge in [-0.05, 0) is 32.0 Å². The first-order chi connectivity index (χ1) is 14.1. The van der Waals surface area contributed by atoms with Crippen molar-refractivity contribution in [2.45, 2.75) is 26.2 Å². The molecule has 0 saturated carbocycles. The molecule has 2 N–H and O–H groups in total. The van der Waals surface area contributed by atoms with Crippen molar-refractivity contribution in [1.29, 1.82) is 0 Å². The second-order valence-corrected chi connectivity index (χ2v) is 8.04. The summed E-state index contributed by atoms with van der Waals surface area (Å²) in [5.74, 6) is -0.294. The second kappa shape index (κ2) is 11.0. The van der Waals surface area contributed by atoms with Crippen LogP contribution in [0.3, 0.4) is 0 Å². The van der Waals surface area contributed by atoms with Gasteiger partial charge in [0.05, 0.1) is 13.2 Å². The number of ether oxygens (including phenoxy) is 1. The van der Waals surface area contributed by atoms with Crippen molar-refractivity contribution >= 4 is 28.8 Å². The monoisotopic (exact) mass is 417 g/mol. The number of hydrogen-bond donors (Lipinski definition) is 2. The lowest BCUT2D eigenvalue weighted by Crippen LogP contribution is -2.38. The molecule has 0 spiro atoms. The van der Waals surface area contributed by atoms with Crippen molar-refractivity contribution in [3.05, 3.63) is 39.8 Å². The number of morpholine rings is 1. The third kappa shape index (κ3) is 7.19. The molecule has 2 heterocycles. The molecule has 9 heteroatoms. The lowest BCUT2D eigenvalue weighted by atomic mass is 10.2. The first-order valence-electron chi connectivity index (χ1n) is 9.87. The van der Waals surface area contributed by atoms with Crippen LogP contribution in [-0.4, -0.2) is 66.3 Å². The molecular formula is C20H27N5O3S. The predicted octanol–water partition coefficient (Wildman–Crippen LogP) is 1.87. The van der Waals surface area contributed by atoms with E-state index in [1.165, 1.54) is 11.3 Å². The van der Waals surface area contributed by atoms with Crippen molar-refractivity contribution in [1.82, 2.24) is 20.4 Å². The Balaban J connectivity index is 1.34. The maximum absolute atomic E-state index is 12.3. The predicted molar refractivity (Wildman–Crippen MR) is 112 cm³/mol. The highest BCUT2D eigenvalue weighted by Crippen LogP contribution is 2.15. The van der Waals surface area contributed by atoms with Crippen LogP contribution in [-0.2, 0) is 16.0 Å². The van der Waals surface area contributed by atoms with Crippen LogP contribution in [0.25, 0.3) is 0 Å². The van der Waals surface area contributed by atoms with Gasteiger partial charge in [-0.15, -0.1) is 10.2 Å². The first-order valence-corrected chi connectivity index (χ1v) is 10.7. The van der Waals surface area contributed by atoms with Crippen LogP contribution in [0.5, 0.6) is 0 Å².